The van der Waals surface area contributed by atoms with Gasteiger partial charge in [-0.25, -0.2) is 14.4 Å². The first-order valence-electron chi connectivity index (χ1n) is 6.31. The minimum atomic E-state index is -0.278. The van der Waals surface area contributed by atoms with Crippen LogP contribution in [0.4, 0.5) is 4.39 Å². The molecule has 0 saturated carbocycles. The number of halogens is 2. The second-order valence-corrected chi connectivity index (χ2v) is 5.81. The van der Waals surface area contributed by atoms with E-state index in [1.165, 1.54) is 11.6 Å². The molecule has 1 aromatic carbocycles. The lowest BCUT2D eigenvalue weighted by Gasteiger charge is -2.07. The van der Waals surface area contributed by atoms with E-state index in [2.05, 4.69) is 23.0 Å². The first-order chi connectivity index (χ1) is 9.61. The Hall–Kier alpha value is -1.52. The molecule has 0 unspecified atom stereocenters. The molecule has 3 rings (SSSR count). The van der Waals surface area contributed by atoms with E-state index in [-0.39, 0.29) is 5.82 Å². The second kappa shape index (κ2) is 5.11. The number of aromatic nitrogens is 2. The third-order valence-electron chi connectivity index (χ3n) is 3.34. The zero-order chi connectivity index (χ0) is 14.3. The molecular weight excluding hydrogens is 295 g/mol. The summed E-state index contributed by atoms with van der Waals surface area (Å²) in [5.74, 6) is 0.295. The standard InChI is InChI=1S/C15H12ClFN2S/c1-3-9-6-7-20-13(9)15-18-12-8(2)11(17)5-4-10(12)14(16)19-15/h4-7H,3H2,1-2H3. The number of fused-ring (bicyclic) bond motifs is 1. The molecule has 3 aromatic rings. The summed E-state index contributed by atoms with van der Waals surface area (Å²) >= 11 is 7.81. The highest BCUT2D eigenvalue weighted by Gasteiger charge is 2.14. The number of benzene rings is 1. The summed E-state index contributed by atoms with van der Waals surface area (Å²) in [5.41, 5.74) is 2.26. The molecule has 0 aliphatic heterocycles. The largest absolute Gasteiger partial charge is 0.227 e. The fourth-order valence-corrected chi connectivity index (χ4v) is 3.34. The van der Waals surface area contributed by atoms with E-state index in [0.29, 0.717) is 27.4 Å². The highest BCUT2D eigenvalue weighted by molar-refractivity contribution is 7.13. The lowest BCUT2D eigenvalue weighted by Crippen LogP contribution is -1.95. The third kappa shape index (κ3) is 2.09. The van der Waals surface area contributed by atoms with E-state index in [9.17, 15) is 4.39 Å². The van der Waals surface area contributed by atoms with Crippen LogP contribution in [0, 0.1) is 12.7 Å². The van der Waals surface area contributed by atoms with Crippen LogP contribution in [0.5, 0.6) is 0 Å². The summed E-state index contributed by atoms with van der Waals surface area (Å²) in [6.45, 7) is 3.79. The second-order valence-electron chi connectivity index (χ2n) is 4.54. The Kier molecular flexibility index (Phi) is 3.44. The summed E-state index contributed by atoms with van der Waals surface area (Å²) < 4.78 is 13.7. The molecule has 20 heavy (non-hydrogen) atoms. The highest BCUT2D eigenvalue weighted by atomic mass is 35.5. The minimum absolute atomic E-state index is 0.278. The molecule has 0 bridgehead atoms. The maximum absolute atomic E-state index is 13.7. The molecule has 0 N–H and O–H groups in total. The molecule has 0 amide bonds. The van der Waals surface area contributed by atoms with E-state index in [1.54, 1.807) is 24.3 Å². The van der Waals surface area contributed by atoms with Crippen LogP contribution >= 0.6 is 22.9 Å². The Balaban J connectivity index is 2.31. The molecule has 5 heteroatoms. The summed E-state index contributed by atoms with van der Waals surface area (Å²) in [5, 5.41) is 3.06. The van der Waals surface area contributed by atoms with Crippen LogP contribution in [0.25, 0.3) is 21.6 Å². The Morgan fingerprint density at radius 3 is 2.80 bits per heavy atom. The summed E-state index contributed by atoms with van der Waals surface area (Å²) in [4.78, 5) is 9.89. The number of nitrogens with zero attached hydrogens (tertiary/aromatic N) is 2. The Bertz CT molecular complexity index is 798. The van der Waals surface area contributed by atoms with Crippen LogP contribution < -0.4 is 0 Å². The lowest BCUT2D eigenvalue weighted by molar-refractivity contribution is 0.620. The molecule has 102 valence electrons. The van der Waals surface area contributed by atoms with E-state index in [4.69, 9.17) is 11.6 Å². The smallest absolute Gasteiger partial charge is 0.171 e. The van der Waals surface area contributed by atoms with Crippen molar-refractivity contribution in [3.63, 3.8) is 0 Å². The van der Waals surface area contributed by atoms with E-state index in [0.717, 1.165) is 11.3 Å². The van der Waals surface area contributed by atoms with Crippen molar-refractivity contribution in [1.82, 2.24) is 9.97 Å². The van der Waals surface area contributed by atoms with Crippen LogP contribution in [-0.4, -0.2) is 9.97 Å². The minimum Gasteiger partial charge on any atom is -0.227 e. The third-order valence-corrected chi connectivity index (χ3v) is 4.58. The van der Waals surface area contributed by atoms with Crippen molar-refractivity contribution < 1.29 is 4.39 Å². The Morgan fingerprint density at radius 1 is 1.25 bits per heavy atom. The van der Waals surface area contributed by atoms with Gasteiger partial charge in [0.15, 0.2) is 5.82 Å². The zero-order valence-electron chi connectivity index (χ0n) is 11.1. The quantitative estimate of drug-likeness (QED) is 0.621. The Labute approximate surface area is 125 Å². The summed E-state index contributed by atoms with van der Waals surface area (Å²) in [6.07, 6.45) is 0.903. The molecule has 0 spiro atoms. The van der Waals surface area contributed by atoms with Gasteiger partial charge in [-0.05, 0) is 42.5 Å². The van der Waals surface area contributed by atoms with Crippen molar-refractivity contribution in [3.05, 3.63) is 45.7 Å². The first kappa shape index (κ1) is 13.5. The lowest BCUT2D eigenvalue weighted by atomic mass is 10.1. The SMILES string of the molecule is CCc1ccsc1-c1nc(Cl)c2ccc(F)c(C)c2n1. The first-order valence-corrected chi connectivity index (χ1v) is 7.56. The van der Waals surface area contributed by atoms with Gasteiger partial charge in [0.1, 0.15) is 11.0 Å². The van der Waals surface area contributed by atoms with Crippen LogP contribution in [0.15, 0.2) is 23.6 Å². The topological polar surface area (TPSA) is 25.8 Å². The maximum atomic E-state index is 13.7. The van der Waals surface area contributed by atoms with Crippen molar-refractivity contribution in [2.24, 2.45) is 0 Å². The molecule has 0 saturated heterocycles. The molecule has 0 radical (unpaired) electrons. The number of hydrogen-bond donors (Lipinski definition) is 0. The number of hydrogen-bond acceptors (Lipinski definition) is 3. The van der Waals surface area contributed by atoms with Crippen molar-refractivity contribution in [2.75, 3.05) is 0 Å². The number of thiophene rings is 1. The number of rotatable bonds is 2. The van der Waals surface area contributed by atoms with Gasteiger partial charge in [-0.1, -0.05) is 18.5 Å². The van der Waals surface area contributed by atoms with Gasteiger partial charge in [-0.15, -0.1) is 11.3 Å². The molecule has 0 atom stereocenters. The van der Waals surface area contributed by atoms with Crippen LogP contribution in [0.2, 0.25) is 5.15 Å². The van der Waals surface area contributed by atoms with Crippen molar-refractivity contribution in [1.29, 1.82) is 0 Å². The van der Waals surface area contributed by atoms with Gasteiger partial charge in [-0.3, -0.25) is 0 Å². The maximum Gasteiger partial charge on any atom is 0.171 e. The Morgan fingerprint density at radius 2 is 2.05 bits per heavy atom. The fraction of sp³-hybridized carbons (Fsp3) is 0.200. The normalized spacial score (nSPS) is 11.2. The molecular formula is C15H12ClFN2S. The molecule has 0 aliphatic carbocycles. The van der Waals surface area contributed by atoms with Gasteiger partial charge in [-0.2, -0.15) is 0 Å². The predicted molar refractivity (Wildman–Crippen MR) is 81.9 cm³/mol. The summed E-state index contributed by atoms with van der Waals surface area (Å²) in [7, 11) is 0. The average molecular weight is 307 g/mol. The number of aryl methyl sites for hydroxylation is 2. The van der Waals surface area contributed by atoms with Crippen LogP contribution in [0.3, 0.4) is 0 Å². The van der Waals surface area contributed by atoms with Crippen LogP contribution in [-0.2, 0) is 6.42 Å². The summed E-state index contributed by atoms with van der Waals surface area (Å²) in [6, 6.07) is 5.08. The van der Waals surface area contributed by atoms with Gasteiger partial charge < -0.3 is 0 Å². The average Bonchev–Trinajstić information content (AvgIpc) is 2.91. The van der Waals surface area contributed by atoms with E-state index in [1.807, 2.05) is 5.38 Å². The molecule has 0 fully saturated rings. The van der Waals surface area contributed by atoms with Crippen molar-refractivity contribution in [3.8, 4) is 10.7 Å². The van der Waals surface area contributed by atoms with Crippen molar-refractivity contribution >= 4 is 33.8 Å². The molecule has 0 aliphatic rings. The zero-order valence-corrected chi connectivity index (χ0v) is 12.6. The van der Waals surface area contributed by atoms with E-state index < -0.39 is 0 Å². The van der Waals surface area contributed by atoms with Crippen LogP contribution in [0.1, 0.15) is 18.1 Å². The van der Waals surface area contributed by atoms with Crippen molar-refractivity contribution in [2.45, 2.75) is 20.3 Å². The van der Waals surface area contributed by atoms with Gasteiger partial charge in [0.2, 0.25) is 0 Å². The van der Waals surface area contributed by atoms with E-state index >= 15 is 0 Å². The monoisotopic (exact) mass is 306 g/mol. The molecule has 2 nitrogen and oxygen atoms in total. The van der Waals surface area contributed by atoms with Gasteiger partial charge in [0.25, 0.3) is 0 Å². The molecule has 2 aromatic heterocycles. The van der Waals surface area contributed by atoms with Gasteiger partial charge in [0, 0.05) is 10.9 Å². The fourth-order valence-electron chi connectivity index (χ4n) is 2.18. The highest BCUT2D eigenvalue weighted by Crippen LogP contribution is 2.32. The molecule has 2 heterocycles. The van der Waals surface area contributed by atoms with Gasteiger partial charge in [0.05, 0.1) is 10.4 Å². The predicted octanol–water partition coefficient (Wildman–Crippen LogP) is 5.02. The van der Waals surface area contributed by atoms with Gasteiger partial charge >= 0.3 is 0 Å².